The van der Waals surface area contributed by atoms with E-state index in [0.29, 0.717) is 31.1 Å². The van der Waals surface area contributed by atoms with Crippen LogP contribution in [0.1, 0.15) is 64.0 Å². The van der Waals surface area contributed by atoms with E-state index in [9.17, 15) is 24.1 Å². The molecule has 45 heavy (non-hydrogen) atoms. The molecule has 3 fully saturated rings. The van der Waals surface area contributed by atoms with E-state index in [1.165, 1.54) is 23.3 Å². The number of benzene rings is 2. The van der Waals surface area contributed by atoms with Crippen LogP contribution in [0.5, 0.6) is 5.75 Å². The molecule has 0 unspecified atom stereocenters. The van der Waals surface area contributed by atoms with Gasteiger partial charge in [0.15, 0.2) is 11.6 Å². The highest BCUT2D eigenvalue weighted by molar-refractivity contribution is 6.43. The Kier molecular flexibility index (Phi) is 9.32. The fourth-order valence-corrected chi connectivity index (χ4v) is 8.14. The monoisotopic (exact) mass is 614 g/mol. The number of nitrogens with zero attached hydrogens (tertiary/aromatic N) is 2. The van der Waals surface area contributed by atoms with Crippen LogP contribution in [-0.4, -0.2) is 64.1 Å². The number of carbonyl (C=O) groups excluding carboxylic acids is 2. The second kappa shape index (κ2) is 13.2. The molecule has 2 N–H and O–H groups in total. The number of halogens is 1. The molecule has 1 aliphatic carbocycles. The average molecular weight is 615 g/mol. The Morgan fingerprint density at radius 1 is 1.09 bits per heavy atom. The molecule has 7 nitrogen and oxygen atoms in total. The maximum atomic E-state index is 14.2. The van der Waals surface area contributed by atoms with Gasteiger partial charge in [-0.05, 0) is 86.0 Å². The van der Waals surface area contributed by atoms with Crippen molar-refractivity contribution in [3.05, 3.63) is 82.2 Å². The number of aromatic hydroxyl groups is 1. The summed E-state index contributed by atoms with van der Waals surface area (Å²) in [5.41, 5.74) is 5.22. The first kappa shape index (κ1) is 31.7. The molecule has 0 bridgehead atoms. The lowest BCUT2D eigenvalue weighted by molar-refractivity contribution is -0.144. The number of phenolic OH excluding ortho intramolecular Hbond substituents is 1. The molecule has 0 saturated carbocycles. The van der Waals surface area contributed by atoms with E-state index in [0.717, 1.165) is 43.6 Å². The summed E-state index contributed by atoms with van der Waals surface area (Å²) in [5.74, 6) is -2.06. The fraction of sp³-hybridized carbons (Fsp3) is 0.500. The highest BCUT2D eigenvalue weighted by atomic mass is 19.1. The highest BCUT2D eigenvalue weighted by Gasteiger charge is 2.58. The zero-order valence-corrected chi connectivity index (χ0v) is 26.5. The summed E-state index contributed by atoms with van der Waals surface area (Å²) in [5, 5.41) is 20.4. The number of phenols is 1. The minimum atomic E-state index is -1.01. The summed E-state index contributed by atoms with van der Waals surface area (Å²) in [6.07, 6.45) is 5.19. The van der Waals surface area contributed by atoms with Crippen LogP contribution in [0.3, 0.4) is 0 Å². The number of rotatable bonds is 8. The number of likely N-dealkylation sites (tertiary alicyclic amines) is 2. The first-order chi connectivity index (χ1) is 21.6. The normalized spacial score (nSPS) is 26.6. The number of hydrogen-bond acceptors (Lipinski definition) is 6. The summed E-state index contributed by atoms with van der Waals surface area (Å²) < 4.78 is 20.0. The van der Waals surface area contributed by atoms with Crippen LogP contribution >= 0.6 is 0 Å². The summed E-state index contributed by atoms with van der Waals surface area (Å²) in [6, 6.07) is 14.6. The van der Waals surface area contributed by atoms with Crippen LogP contribution < -0.4 is 0 Å². The van der Waals surface area contributed by atoms with Crippen LogP contribution in [0.4, 0.5) is 4.39 Å². The molecule has 4 atom stereocenters. The summed E-state index contributed by atoms with van der Waals surface area (Å²) in [7, 11) is -1.01. The van der Waals surface area contributed by atoms with Crippen molar-refractivity contribution in [1.29, 1.82) is 0 Å². The topological polar surface area (TPSA) is 90.3 Å². The van der Waals surface area contributed by atoms with E-state index in [1.54, 1.807) is 11.0 Å². The predicted octanol–water partition coefficient (Wildman–Crippen LogP) is 5.83. The predicted molar refractivity (Wildman–Crippen MR) is 172 cm³/mol. The average Bonchev–Trinajstić information content (AvgIpc) is 3.27. The van der Waals surface area contributed by atoms with Crippen LogP contribution in [0, 0.1) is 29.5 Å². The van der Waals surface area contributed by atoms with Crippen molar-refractivity contribution in [3.8, 4) is 5.75 Å². The van der Waals surface area contributed by atoms with Crippen LogP contribution in [0.2, 0.25) is 6.32 Å². The van der Waals surface area contributed by atoms with Gasteiger partial charge < -0.3 is 14.8 Å². The number of carbonyl (C=O) groups is 2. The minimum absolute atomic E-state index is 0.0406. The maximum absolute atomic E-state index is 14.2. The number of amides is 2. The second-order valence-corrected chi connectivity index (χ2v) is 13.7. The van der Waals surface area contributed by atoms with Gasteiger partial charge in [0.25, 0.3) is 0 Å². The lowest BCUT2D eigenvalue weighted by atomic mass is 9.57. The van der Waals surface area contributed by atoms with Crippen LogP contribution in [0.15, 0.2) is 65.3 Å². The van der Waals surface area contributed by atoms with E-state index < -0.39 is 18.9 Å². The van der Waals surface area contributed by atoms with Crippen molar-refractivity contribution in [3.63, 3.8) is 0 Å². The van der Waals surface area contributed by atoms with Gasteiger partial charge in [-0.25, -0.2) is 4.39 Å². The quantitative estimate of drug-likeness (QED) is 0.221. The van der Waals surface area contributed by atoms with Gasteiger partial charge in [0.2, 0.25) is 11.8 Å². The van der Waals surface area contributed by atoms with Crippen LogP contribution in [0.25, 0.3) is 6.08 Å². The van der Waals surface area contributed by atoms with Gasteiger partial charge in [-0.15, -0.1) is 0 Å². The van der Waals surface area contributed by atoms with Gasteiger partial charge in [-0.3, -0.25) is 19.4 Å². The lowest BCUT2D eigenvalue weighted by Gasteiger charge is -2.44. The minimum Gasteiger partial charge on any atom is -0.505 e. The molecule has 3 aliphatic heterocycles. The van der Waals surface area contributed by atoms with Crippen molar-refractivity contribution >= 4 is 25.0 Å². The second-order valence-electron chi connectivity index (χ2n) is 13.7. The SMILES string of the molecule is C/C(=C\c1ccc(O)c(F)c1)CC[C@H]1OB(O)C[C@H]2C1=C(C(C)C)C[C@H]1C(=O)N(C3CCN(Cc4ccccc4)CC3)C(=O)[C@H]12. The van der Waals surface area contributed by atoms with E-state index in [2.05, 4.69) is 43.0 Å². The Bertz CT molecular complexity index is 1490. The summed E-state index contributed by atoms with van der Waals surface area (Å²) in [4.78, 5) is 32.2. The molecular formula is C36H44BFN2O5. The van der Waals surface area contributed by atoms with Gasteiger partial charge in [0.05, 0.1) is 17.9 Å². The zero-order chi connectivity index (χ0) is 31.8. The molecular weight excluding hydrogens is 570 g/mol. The molecule has 0 aromatic heterocycles. The van der Waals surface area contributed by atoms with E-state index >= 15 is 0 Å². The van der Waals surface area contributed by atoms with E-state index in [4.69, 9.17) is 4.65 Å². The Hall–Kier alpha value is -3.27. The third-order valence-corrected chi connectivity index (χ3v) is 10.3. The van der Waals surface area contributed by atoms with Gasteiger partial charge >= 0.3 is 7.12 Å². The lowest BCUT2D eigenvalue weighted by Crippen LogP contribution is -2.48. The Morgan fingerprint density at radius 3 is 2.51 bits per heavy atom. The molecule has 238 valence electrons. The smallest absolute Gasteiger partial charge is 0.455 e. The Balaban J connectivity index is 1.18. The molecule has 0 radical (unpaired) electrons. The number of imide groups is 1. The van der Waals surface area contributed by atoms with Gasteiger partial charge in [-0.2, -0.15) is 0 Å². The Labute approximate surface area is 265 Å². The van der Waals surface area contributed by atoms with Crippen molar-refractivity contribution in [2.24, 2.45) is 23.7 Å². The standard InChI is InChI=1S/C36H44BFN2O5/c1-22(2)27-19-28-34(36(43)40(35(28)42)26-13-15-39(16-14-26)21-24-7-5-4-6-8-24)29-20-37(44)45-32(33(27)29)12-9-23(3)17-25-10-11-31(41)30(38)18-25/h4-8,10-11,17-18,22,26,28-29,32,34,41,44H,9,12-16,19-21H2,1-3H3/b23-17+/t28-,29+,32-,34-/m1/s1. The van der Waals surface area contributed by atoms with Crippen LogP contribution in [-0.2, 0) is 20.8 Å². The first-order valence-electron chi connectivity index (χ1n) is 16.5. The molecule has 0 spiro atoms. The first-order valence-corrected chi connectivity index (χ1v) is 16.5. The number of fused-ring (bicyclic) bond motifs is 3. The third-order valence-electron chi connectivity index (χ3n) is 10.3. The molecule has 3 saturated heterocycles. The number of allylic oxidation sites excluding steroid dienone is 2. The van der Waals surface area contributed by atoms with Crippen molar-refractivity contribution in [2.75, 3.05) is 13.1 Å². The summed E-state index contributed by atoms with van der Waals surface area (Å²) >= 11 is 0. The van der Waals surface area contributed by atoms with Gasteiger partial charge in [0, 0.05) is 25.7 Å². The largest absolute Gasteiger partial charge is 0.505 e. The fourth-order valence-electron chi connectivity index (χ4n) is 8.14. The van der Waals surface area contributed by atoms with Crippen molar-refractivity contribution < 1.29 is 28.8 Å². The molecule has 6 rings (SSSR count). The zero-order valence-electron chi connectivity index (χ0n) is 26.5. The highest BCUT2D eigenvalue weighted by Crippen LogP contribution is 2.52. The molecule has 9 heteroatoms. The van der Waals surface area contributed by atoms with Gasteiger partial charge in [0.1, 0.15) is 0 Å². The van der Waals surface area contributed by atoms with Gasteiger partial charge in [-0.1, -0.05) is 67.5 Å². The molecule has 3 heterocycles. The maximum Gasteiger partial charge on any atom is 0.455 e. The number of piperidine rings is 1. The van der Waals surface area contributed by atoms with Crippen molar-refractivity contribution in [1.82, 2.24) is 9.80 Å². The molecule has 2 amide bonds. The van der Waals surface area contributed by atoms with E-state index in [-0.39, 0.29) is 47.5 Å². The third kappa shape index (κ3) is 6.53. The molecule has 2 aromatic rings. The number of hydrogen-bond donors (Lipinski definition) is 2. The molecule has 2 aromatic carbocycles. The Morgan fingerprint density at radius 2 is 1.82 bits per heavy atom. The summed E-state index contributed by atoms with van der Waals surface area (Å²) in [6.45, 7) is 8.79. The van der Waals surface area contributed by atoms with Crippen molar-refractivity contribution in [2.45, 2.75) is 77.9 Å². The molecule has 4 aliphatic rings. The van der Waals surface area contributed by atoms with E-state index in [1.807, 2.05) is 19.1 Å².